The van der Waals surface area contributed by atoms with Gasteiger partial charge in [0.15, 0.2) is 5.65 Å². The number of thioether (sulfide) groups is 1. The fourth-order valence-corrected chi connectivity index (χ4v) is 4.97. The predicted molar refractivity (Wildman–Crippen MR) is 128 cm³/mol. The Kier molecular flexibility index (Phi) is 7.02. The average molecular weight is 440 g/mol. The van der Waals surface area contributed by atoms with Crippen molar-refractivity contribution in [2.45, 2.75) is 69.4 Å². The number of nitrogens with zero attached hydrogens (tertiary/aromatic N) is 3. The summed E-state index contributed by atoms with van der Waals surface area (Å²) in [6, 6.07) is 10.4. The van der Waals surface area contributed by atoms with Crippen LogP contribution in [0.15, 0.2) is 41.6 Å². The molecule has 0 radical (unpaired) electrons. The molecule has 3 aromatic rings. The van der Waals surface area contributed by atoms with Crippen LogP contribution in [0.3, 0.4) is 0 Å². The van der Waals surface area contributed by atoms with E-state index in [9.17, 15) is 0 Å². The van der Waals surface area contributed by atoms with Crippen LogP contribution in [0.25, 0.3) is 5.65 Å². The maximum absolute atomic E-state index is 6.00. The lowest BCUT2D eigenvalue weighted by molar-refractivity contribution is 0.240. The van der Waals surface area contributed by atoms with Crippen LogP contribution >= 0.6 is 11.8 Å². The first-order valence-electron chi connectivity index (χ1n) is 11.3. The van der Waals surface area contributed by atoms with Crippen LogP contribution in [0.2, 0.25) is 0 Å². The molecule has 0 spiro atoms. The standard InChI is InChI=1S/C24H33N5OS/c1-16(2)21-15-27-24-20(26-14-18-7-5-6-8-22(18)30-17(3)4)13-23(28-29(21)24)31-19-9-11-25-12-10-19/h5-8,13,15-17,19,25-26H,9-12,14H2,1-4H3. The molecule has 31 heavy (non-hydrogen) atoms. The molecule has 1 aromatic carbocycles. The minimum Gasteiger partial charge on any atom is -0.491 e. The van der Waals surface area contributed by atoms with Gasteiger partial charge >= 0.3 is 0 Å². The highest BCUT2D eigenvalue weighted by Gasteiger charge is 2.19. The SMILES string of the molecule is CC(C)Oc1ccccc1CNc1cc(SC2CCNCC2)nn2c(C(C)C)cnc12. The lowest BCUT2D eigenvalue weighted by Crippen LogP contribution is -2.29. The maximum Gasteiger partial charge on any atom is 0.177 e. The van der Waals surface area contributed by atoms with Crippen LogP contribution in [-0.4, -0.2) is 39.0 Å². The van der Waals surface area contributed by atoms with Gasteiger partial charge in [-0.3, -0.25) is 0 Å². The number of benzene rings is 1. The third-order valence-electron chi connectivity index (χ3n) is 5.44. The minimum atomic E-state index is 0.141. The number of para-hydroxylation sites is 1. The molecule has 4 rings (SSSR count). The summed E-state index contributed by atoms with van der Waals surface area (Å²) in [6.45, 7) is 11.3. The highest BCUT2D eigenvalue weighted by Crippen LogP contribution is 2.32. The first kappa shape index (κ1) is 22.0. The number of imidazole rings is 1. The second-order valence-electron chi connectivity index (χ2n) is 8.66. The van der Waals surface area contributed by atoms with E-state index < -0.39 is 0 Å². The molecule has 2 aromatic heterocycles. The van der Waals surface area contributed by atoms with E-state index in [0.29, 0.717) is 17.7 Å². The summed E-state index contributed by atoms with van der Waals surface area (Å²) in [7, 11) is 0. The summed E-state index contributed by atoms with van der Waals surface area (Å²) in [5.74, 6) is 1.28. The number of hydrogen-bond acceptors (Lipinski definition) is 6. The Morgan fingerprint density at radius 3 is 2.71 bits per heavy atom. The second-order valence-corrected chi connectivity index (χ2v) is 9.99. The smallest absolute Gasteiger partial charge is 0.177 e. The Labute approximate surface area is 189 Å². The number of rotatable bonds is 8. The molecule has 0 bridgehead atoms. The third kappa shape index (κ3) is 5.33. The van der Waals surface area contributed by atoms with Crippen LogP contribution in [0, 0.1) is 0 Å². The van der Waals surface area contributed by atoms with E-state index in [1.54, 1.807) is 0 Å². The van der Waals surface area contributed by atoms with Gasteiger partial charge in [-0.05, 0) is 57.8 Å². The molecule has 0 atom stereocenters. The van der Waals surface area contributed by atoms with Crippen LogP contribution in [-0.2, 0) is 6.54 Å². The highest BCUT2D eigenvalue weighted by molar-refractivity contribution is 7.99. The van der Waals surface area contributed by atoms with E-state index in [4.69, 9.17) is 14.8 Å². The third-order valence-corrected chi connectivity index (χ3v) is 6.69. The number of aromatic nitrogens is 3. The molecule has 1 aliphatic rings. The maximum atomic E-state index is 6.00. The van der Waals surface area contributed by atoms with E-state index in [1.807, 2.05) is 34.6 Å². The van der Waals surface area contributed by atoms with Gasteiger partial charge in [0.2, 0.25) is 0 Å². The molecule has 2 N–H and O–H groups in total. The van der Waals surface area contributed by atoms with E-state index in [0.717, 1.165) is 46.5 Å². The average Bonchev–Trinajstić information content (AvgIpc) is 3.18. The Bertz CT molecular complexity index is 1010. The zero-order chi connectivity index (χ0) is 21.8. The van der Waals surface area contributed by atoms with Gasteiger partial charge in [-0.2, -0.15) is 5.10 Å². The van der Waals surface area contributed by atoms with Crippen LogP contribution < -0.4 is 15.4 Å². The van der Waals surface area contributed by atoms with Crippen molar-refractivity contribution in [1.82, 2.24) is 19.9 Å². The van der Waals surface area contributed by atoms with Gasteiger partial charge in [0.25, 0.3) is 0 Å². The lowest BCUT2D eigenvalue weighted by atomic mass is 10.1. The minimum absolute atomic E-state index is 0.141. The van der Waals surface area contributed by atoms with Crippen molar-refractivity contribution in [3.63, 3.8) is 0 Å². The molecule has 0 amide bonds. The first-order valence-corrected chi connectivity index (χ1v) is 12.1. The first-order chi connectivity index (χ1) is 15.0. The summed E-state index contributed by atoms with van der Waals surface area (Å²) in [6.07, 6.45) is 4.44. The fourth-order valence-electron chi connectivity index (χ4n) is 3.84. The molecular weight excluding hydrogens is 406 g/mol. The topological polar surface area (TPSA) is 63.5 Å². The van der Waals surface area contributed by atoms with Gasteiger partial charge in [0, 0.05) is 17.4 Å². The molecule has 6 nitrogen and oxygen atoms in total. The largest absolute Gasteiger partial charge is 0.491 e. The summed E-state index contributed by atoms with van der Waals surface area (Å²) in [5.41, 5.74) is 4.15. The highest BCUT2D eigenvalue weighted by atomic mass is 32.2. The Morgan fingerprint density at radius 1 is 1.19 bits per heavy atom. The molecule has 7 heteroatoms. The van der Waals surface area contributed by atoms with E-state index in [2.05, 4.69) is 56.5 Å². The lowest BCUT2D eigenvalue weighted by Gasteiger charge is -2.22. The molecule has 166 valence electrons. The van der Waals surface area contributed by atoms with Crippen molar-refractivity contribution < 1.29 is 4.74 Å². The van der Waals surface area contributed by atoms with Crippen molar-refractivity contribution in [2.24, 2.45) is 0 Å². The number of nitrogens with one attached hydrogen (secondary N) is 2. The van der Waals surface area contributed by atoms with Crippen molar-refractivity contribution in [1.29, 1.82) is 0 Å². The molecular formula is C24H33N5OS. The second kappa shape index (κ2) is 9.92. The molecule has 0 saturated carbocycles. The Hall–Kier alpha value is -2.25. The molecule has 0 unspecified atom stereocenters. The van der Waals surface area contributed by atoms with Crippen LogP contribution in [0.1, 0.15) is 57.7 Å². The monoisotopic (exact) mass is 439 g/mol. The van der Waals surface area contributed by atoms with Gasteiger partial charge in [-0.15, -0.1) is 11.8 Å². The molecule has 0 aliphatic carbocycles. The zero-order valence-corrected chi connectivity index (χ0v) is 19.7. The Balaban J connectivity index is 1.63. The summed E-state index contributed by atoms with van der Waals surface area (Å²) in [4.78, 5) is 4.70. The Morgan fingerprint density at radius 2 is 1.97 bits per heavy atom. The number of piperidine rings is 1. The van der Waals surface area contributed by atoms with Crippen molar-refractivity contribution >= 4 is 23.1 Å². The number of ether oxygens (including phenoxy) is 1. The van der Waals surface area contributed by atoms with Gasteiger partial charge in [0.05, 0.1) is 23.7 Å². The molecule has 1 aliphatic heterocycles. The van der Waals surface area contributed by atoms with Gasteiger partial charge in [-0.1, -0.05) is 32.0 Å². The van der Waals surface area contributed by atoms with Crippen molar-refractivity contribution in [3.8, 4) is 5.75 Å². The van der Waals surface area contributed by atoms with Gasteiger partial charge in [-0.25, -0.2) is 9.50 Å². The van der Waals surface area contributed by atoms with Crippen molar-refractivity contribution in [2.75, 3.05) is 18.4 Å². The molecule has 1 saturated heterocycles. The van der Waals surface area contributed by atoms with Crippen LogP contribution in [0.5, 0.6) is 5.75 Å². The van der Waals surface area contributed by atoms with Gasteiger partial charge in [0.1, 0.15) is 10.8 Å². The molecule has 1 fully saturated rings. The number of anilines is 1. The number of hydrogen-bond donors (Lipinski definition) is 2. The normalized spacial score (nSPS) is 15.2. The van der Waals surface area contributed by atoms with Gasteiger partial charge < -0.3 is 15.4 Å². The van der Waals surface area contributed by atoms with Crippen molar-refractivity contribution in [3.05, 3.63) is 47.8 Å². The fraction of sp³-hybridized carbons (Fsp3) is 0.500. The zero-order valence-electron chi connectivity index (χ0n) is 18.9. The van der Waals surface area contributed by atoms with E-state index in [1.165, 1.54) is 12.8 Å². The van der Waals surface area contributed by atoms with E-state index >= 15 is 0 Å². The summed E-state index contributed by atoms with van der Waals surface area (Å²) < 4.78 is 8.02. The summed E-state index contributed by atoms with van der Waals surface area (Å²) in [5, 5.41) is 13.7. The molecule has 3 heterocycles. The van der Waals surface area contributed by atoms with Crippen LogP contribution in [0.4, 0.5) is 5.69 Å². The van der Waals surface area contributed by atoms with E-state index in [-0.39, 0.29) is 6.10 Å². The summed E-state index contributed by atoms with van der Waals surface area (Å²) >= 11 is 1.89. The predicted octanol–water partition coefficient (Wildman–Crippen LogP) is 5.10. The quantitative estimate of drug-likeness (QED) is 0.509. The number of fused-ring (bicyclic) bond motifs is 1.